The van der Waals surface area contributed by atoms with Crippen LogP contribution < -0.4 is 14.2 Å². The molecule has 7 nitrogen and oxygen atoms in total. The lowest BCUT2D eigenvalue weighted by Gasteiger charge is -2.34. The van der Waals surface area contributed by atoms with Crippen LogP contribution in [0.4, 0.5) is 0 Å². The predicted molar refractivity (Wildman–Crippen MR) is 106 cm³/mol. The summed E-state index contributed by atoms with van der Waals surface area (Å²) in [4.78, 5) is 26.1. The third kappa shape index (κ3) is 5.65. The van der Waals surface area contributed by atoms with Crippen LogP contribution in [0.15, 0.2) is 18.2 Å². The molecule has 0 saturated carbocycles. The third-order valence-electron chi connectivity index (χ3n) is 4.66. The number of rotatable bonds is 7. The molecule has 1 aromatic rings. The van der Waals surface area contributed by atoms with Crippen LogP contribution in [-0.2, 0) is 14.3 Å². The number of hydrogen-bond acceptors (Lipinski definition) is 6. The second-order valence-corrected chi connectivity index (χ2v) is 7.14. The minimum atomic E-state index is -0.583. The van der Waals surface area contributed by atoms with E-state index in [1.54, 1.807) is 23.1 Å². The lowest BCUT2D eigenvalue weighted by molar-refractivity contribution is -0.149. The van der Waals surface area contributed by atoms with Crippen LogP contribution in [0.2, 0.25) is 0 Å². The number of carbonyl (C=O) groups excluding carboxylic acids is 2. The molecule has 28 heavy (non-hydrogen) atoms. The van der Waals surface area contributed by atoms with Gasteiger partial charge in [-0.15, -0.1) is 0 Å². The summed E-state index contributed by atoms with van der Waals surface area (Å²) in [7, 11) is 4.56. The molecule has 2 rings (SSSR count). The van der Waals surface area contributed by atoms with Gasteiger partial charge in [-0.3, -0.25) is 4.79 Å². The number of ether oxygens (including phenoxy) is 4. The number of nitrogens with zero attached hydrogens (tertiary/aromatic N) is 1. The van der Waals surface area contributed by atoms with Crippen LogP contribution in [0.5, 0.6) is 17.2 Å². The Balaban J connectivity index is 1.95. The van der Waals surface area contributed by atoms with Crippen molar-refractivity contribution < 1.29 is 28.5 Å². The van der Waals surface area contributed by atoms with E-state index in [0.717, 1.165) is 6.42 Å². The van der Waals surface area contributed by atoms with Crippen LogP contribution in [0.1, 0.15) is 25.8 Å². The van der Waals surface area contributed by atoms with Crippen molar-refractivity contribution >= 4 is 18.0 Å². The topological polar surface area (TPSA) is 74.3 Å². The highest BCUT2D eigenvalue weighted by Gasteiger charge is 2.25. The number of piperidine rings is 1. The second kappa shape index (κ2) is 10.0. The fourth-order valence-corrected chi connectivity index (χ4v) is 3.50. The first-order valence-corrected chi connectivity index (χ1v) is 9.30. The van der Waals surface area contributed by atoms with Gasteiger partial charge < -0.3 is 23.8 Å². The zero-order valence-corrected chi connectivity index (χ0v) is 17.2. The first kappa shape index (κ1) is 21.6. The first-order chi connectivity index (χ1) is 13.4. The zero-order chi connectivity index (χ0) is 20.7. The Labute approximate surface area is 166 Å². The Bertz CT molecular complexity index is 695. The number of benzene rings is 1. The largest absolute Gasteiger partial charge is 0.493 e. The molecular formula is C21H29NO6. The Morgan fingerprint density at radius 3 is 2.11 bits per heavy atom. The van der Waals surface area contributed by atoms with Crippen LogP contribution in [-0.4, -0.2) is 57.8 Å². The van der Waals surface area contributed by atoms with Crippen molar-refractivity contribution in [2.24, 2.45) is 11.8 Å². The normalized spacial score (nSPS) is 19.4. The van der Waals surface area contributed by atoms with Gasteiger partial charge >= 0.3 is 5.97 Å². The quantitative estimate of drug-likeness (QED) is 0.526. The highest BCUT2D eigenvalue weighted by Crippen LogP contribution is 2.38. The number of esters is 1. The average Bonchev–Trinajstić information content (AvgIpc) is 2.68. The van der Waals surface area contributed by atoms with E-state index in [4.69, 9.17) is 18.9 Å². The van der Waals surface area contributed by atoms with Gasteiger partial charge in [0.25, 0.3) is 5.91 Å². The van der Waals surface area contributed by atoms with Gasteiger partial charge in [0, 0.05) is 19.2 Å². The molecule has 1 heterocycles. The Morgan fingerprint density at radius 1 is 1.04 bits per heavy atom. The van der Waals surface area contributed by atoms with Crippen molar-refractivity contribution in [3.05, 3.63) is 23.8 Å². The van der Waals surface area contributed by atoms with Crippen molar-refractivity contribution in [1.29, 1.82) is 0 Å². The monoisotopic (exact) mass is 391 g/mol. The Kier molecular flexibility index (Phi) is 7.72. The molecule has 1 aromatic carbocycles. The first-order valence-electron chi connectivity index (χ1n) is 9.30. The van der Waals surface area contributed by atoms with Crippen LogP contribution in [0, 0.1) is 11.8 Å². The maximum atomic E-state index is 12.3. The van der Waals surface area contributed by atoms with E-state index in [9.17, 15) is 9.59 Å². The number of amides is 1. The molecule has 2 unspecified atom stereocenters. The summed E-state index contributed by atoms with van der Waals surface area (Å²) in [5.74, 6) is 1.62. The van der Waals surface area contributed by atoms with Gasteiger partial charge in [0.1, 0.15) is 0 Å². The minimum absolute atomic E-state index is 0.159. The van der Waals surface area contributed by atoms with Gasteiger partial charge in [-0.1, -0.05) is 13.8 Å². The molecule has 0 spiro atoms. The van der Waals surface area contributed by atoms with E-state index in [2.05, 4.69) is 13.8 Å². The van der Waals surface area contributed by atoms with Gasteiger partial charge in [0.2, 0.25) is 5.75 Å². The summed E-state index contributed by atoms with van der Waals surface area (Å²) in [6, 6.07) is 3.43. The van der Waals surface area contributed by atoms with E-state index < -0.39 is 5.97 Å². The molecule has 0 radical (unpaired) electrons. The molecule has 1 aliphatic heterocycles. The number of methoxy groups -OCH3 is 3. The second-order valence-electron chi connectivity index (χ2n) is 7.14. The van der Waals surface area contributed by atoms with Crippen molar-refractivity contribution in [1.82, 2.24) is 4.90 Å². The van der Waals surface area contributed by atoms with E-state index in [-0.39, 0.29) is 12.5 Å². The highest BCUT2D eigenvalue weighted by molar-refractivity contribution is 5.89. The highest BCUT2D eigenvalue weighted by atomic mass is 16.5. The number of likely N-dealkylation sites (tertiary alicyclic amines) is 1. The summed E-state index contributed by atoms with van der Waals surface area (Å²) in [5.41, 5.74) is 0.677. The molecule has 0 bridgehead atoms. The smallest absolute Gasteiger partial charge is 0.331 e. The molecule has 7 heteroatoms. The van der Waals surface area contributed by atoms with E-state index in [1.807, 2.05) is 0 Å². The molecule has 154 valence electrons. The Hall–Kier alpha value is -2.70. The minimum Gasteiger partial charge on any atom is -0.493 e. The van der Waals surface area contributed by atoms with E-state index in [0.29, 0.717) is 47.7 Å². The molecule has 0 aliphatic carbocycles. The average molecular weight is 391 g/mol. The van der Waals surface area contributed by atoms with Crippen LogP contribution >= 0.6 is 0 Å². The van der Waals surface area contributed by atoms with Gasteiger partial charge in [-0.25, -0.2) is 4.79 Å². The standard InChI is InChI=1S/C21H29NO6/c1-14-8-15(2)12-22(11-14)19(23)13-28-20(24)7-6-16-9-17(25-3)21(27-5)18(10-16)26-4/h6-7,9-10,14-15H,8,11-13H2,1-5H3. The maximum Gasteiger partial charge on any atom is 0.331 e. The lowest BCUT2D eigenvalue weighted by Crippen LogP contribution is -2.44. The molecule has 1 fully saturated rings. The number of carbonyl (C=O) groups is 2. The molecule has 1 amide bonds. The summed E-state index contributed by atoms with van der Waals surface area (Å²) in [6.07, 6.45) is 3.96. The zero-order valence-electron chi connectivity index (χ0n) is 17.2. The van der Waals surface area contributed by atoms with Gasteiger partial charge in [-0.05, 0) is 42.0 Å². The van der Waals surface area contributed by atoms with Gasteiger partial charge in [-0.2, -0.15) is 0 Å². The van der Waals surface area contributed by atoms with E-state index in [1.165, 1.54) is 27.4 Å². The SMILES string of the molecule is COc1cc(C=CC(=O)OCC(=O)N2CC(C)CC(C)C2)cc(OC)c1OC. The summed E-state index contributed by atoms with van der Waals surface area (Å²) in [5, 5.41) is 0. The predicted octanol–water partition coefficient (Wildman–Crippen LogP) is 2.77. The van der Waals surface area contributed by atoms with E-state index >= 15 is 0 Å². The van der Waals surface area contributed by atoms with Crippen LogP contribution in [0.3, 0.4) is 0 Å². The Morgan fingerprint density at radius 2 is 1.61 bits per heavy atom. The maximum absolute atomic E-state index is 12.3. The van der Waals surface area contributed by atoms with Crippen LogP contribution in [0.25, 0.3) is 6.08 Å². The summed E-state index contributed by atoms with van der Waals surface area (Å²) < 4.78 is 20.9. The number of hydrogen-bond donors (Lipinski definition) is 0. The summed E-state index contributed by atoms with van der Waals surface area (Å²) in [6.45, 7) is 5.42. The molecule has 0 aromatic heterocycles. The molecule has 0 N–H and O–H groups in total. The van der Waals surface area contributed by atoms with Gasteiger partial charge in [0.15, 0.2) is 18.1 Å². The van der Waals surface area contributed by atoms with Crippen molar-refractivity contribution in [2.75, 3.05) is 41.0 Å². The van der Waals surface area contributed by atoms with Gasteiger partial charge in [0.05, 0.1) is 21.3 Å². The molecule has 1 saturated heterocycles. The fourth-order valence-electron chi connectivity index (χ4n) is 3.50. The van der Waals surface area contributed by atoms with Crippen molar-refractivity contribution in [3.8, 4) is 17.2 Å². The van der Waals surface area contributed by atoms with Crippen molar-refractivity contribution in [3.63, 3.8) is 0 Å². The summed E-state index contributed by atoms with van der Waals surface area (Å²) >= 11 is 0. The third-order valence-corrected chi connectivity index (χ3v) is 4.66. The molecular weight excluding hydrogens is 362 g/mol. The molecule has 1 aliphatic rings. The van der Waals surface area contributed by atoms with Crippen molar-refractivity contribution in [2.45, 2.75) is 20.3 Å². The molecule has 2 atom stereocenters. The lowest BCUT2D eigenvalue weighted by atomic mass is 9.92. The fraction of sp³-hybridized carbons (Fsp3) is 0.524.